The molecule has 2 N–H and O–H groups in total. The Bertz CT molecular complexity index is 1460. The van der Waals surface area contributed by atoms with Crippen LogP contribution >= 0.6 is 11.6 Å². The first-order chi connectivity index (χ1) is 19.5. The van der Waals surface area contributed by atoms with E-state index in [1.165, 1.54) is 10.6 Å². The zero-order valence-corrected chi connectivity index (χ0v) is 25.7. The number of sulfonamides is 1. The van der Waals surface area contributed by atoms with Crippen molar-refractivity contribution in [3.8, 4) is 11.5 Å². The minimum absolute atomic E-state index is 0.148. The average molecular weight is 603 g/mol. The first-order valence-electron chi connectivity index (χ1n) is 14.1. The van der Waals surface area contributed by atoms with E-state index in [0.29, 0.717) is 42.8 Å². The highest BCUT2D eigenvalue weighted by Crippen LogP contribution is 2.43. The summed E-state index contributed by atoms with van der Waals surface area (Å²) in [5.41, 5.74) is 7.18. The molecule has 2 aliphatic carbocycles. The molecule has 1 aromatic carbocycles. The Labute approximate surface area is 247 Å². The fourth-order valence-corrected chi connectivity index (χ4v) is 6.80. The Morgan fingerprint density at radius 2 is 1.93 bits per heavy atom. The lowest BCUT2D eigenvalue weighted by Gasteiger charge is -2.37. The van der Waals surface area contributed by atoms with Crippen LogP contribution in [-0.4, -0.2) is 62.7 Å². The molecule has 3 atom stereocenters. The predicted molar refractivity (Wildman–Crippen MR) is 161 cm³/mol. The summed E-state index contributed by atoms with van der Waals surface area (Å²) in [6, 6.07) is 11.5. The Kier molecular flexibility index (Phi) is 8.61. The summed E-state index contributed by atoms with van der Waals surface area (Å²) in [6.45, 7) is 5.92. The van der Waals surface area contributed by atoms with Crippen LogP contribution in [0.15, 0.2) is 40.8 Å². The molecule has 0 saturated heterocycles. The molecule has 0 amide bonds. The number of nitrogens with two attached hydrogens (primary N) is 1. The van der Waals surface area contributed by atoms with Crippen LogP contribution < -0.4 is 14.9 Å². The summed E-state index contributed by atoms with van der Waals surface area (Å²) in [7, 11) is -2.02. The van der Waals surface area contributed by atoms with Gasteiger partial charge >= 0.3 is 0 Å². The van der Waals surface area contributed by atoms with Crippen LogP contribution in [0, 0.1) is 11.8 Å². The van der Waals surface area contributed by atoms with Crippen molar-refractivity contribution in [1.29, 1.82) is 0 Å². The fourth-order valence-electron chi connectivity index (χ4n) is 5.28. The van der Waals surface area contributed by atoms with E-state index in [2.05, 4.69) is 22.0 Å². The Morgan fingerprint density at radius 1 is 1.22 bits per heavy atom. The molecule has 2 unspecified atom stereocenters. The quantitative estimate of drug-likeness (QED) is 0.298. The van der Waals surface area contributed by atoms with Crippen LogP contribution in [-0.2, 0) is 26.7 Å². The number of aromatic nitrogens is 3. The van der Waals surface area contributed by atoms with Gasteiger partial charge in [-0.2, -0.15) is 0 Å². The summed E-state index contributed by atoms with van der Waals surface area (Å²) in [6.07, 6.45) is 5.25. The van der Waals surface area contributed by atoms with E-state index in [4.69, 9.17) is 31.5 Å². The molecule has 5 rings (SSSR count). The molecule has 12 heteroatoms. The van der Waals surface area contributed by atoms with E-state index in [-0.39, 0.29) is 28.7 Å². The van der Waals surface area contributed by atoms with Gasteiger partial charge in [-0.25, -0.2) is 17.7 Å². The minimum atomic E-state index is -3.67. The zero-order valence-electron chi connectivity index (χ0n) is 24.1. The highest BCUT2D eigenvalue weighted by molar-refractivity contribution is 7.92. The SMILES string of the molecule is COCCN(CC1CC1C)c1cc(-c2nnc([C@](C)(N)Cc3ccccc3)o2)c(Cl)c(N(C2CCC2)S(C)(=O)=O)n1. The predicted octanol–water partition coefficient (Wildman–Crippen LogP) is 4.63. The largest absolute Gasteiger partial charge is 0.419 e. The van der Waals surface area contributed by atoms with Crippen molar-refractivity contribution in [1.82, 2.24) is 15.2 Å². The average Bonchev–Trinajstić information content (AvgIpc) is 3.35. The maximum atomic E-state index is 13.1. The first-order valence-corrected chi connectivity index (χ1v) is 16.3. The Morgan fingerprint density at radius 3 is 2.51 bits per heavy atom. The highest BCUT2D eigenvalue weighted by atomic mass is 35.5. The number of benzene rings is 1. The second kappa shape index (κ2) is 11.9. The van der Waals surface area contributed by atoms with Crippen LogP contribution in [0.25, 0.3) is 11.5 Å². The normalized spacial score (nSPS) is 20.3. The maximum Gasteiger partial charge on any atom is 0.249 e. The zero-order chi connectivity index (χ0) is 29.4. The van der Waals surface area contributed by atoms with Crippen molar-refractivity contribution in [2.75, 3.05) is 42.3 Å². The number of halogens is 1. The van der Waals surface area contributed by atoms with Gasteiger partial charge < -0.3 is 19.8 Å². The summed E-state index contributed by atoms with van der Waals surface area (Å²) >= 11 is 6.97. The maximum absolute atomic E-state index is 13.1. The van der Waals surface area contributed by atoms with Gasteiger partial charge in [-0.3, -0.25) is 0 Å². The third-order valence-corrected chi connectivity index (χ3v) is 9.64. The molecule has 0 spiro atoms. The molecule has 2 aliphatic rings. The van der Waals surface area contributed by atoms with Gasteiger partial charge in [0.15, 0.2) is 5.82 Å². The number of methoxy groups -OCH3 is 1. The van der Waals surface area contributed by atoms with Crippen LogP contribution in [0.4, 0.5) is 11.6 Å². The lowest BCUT2D eigenvalue weighted by Crippen LogP contribution is -2.44. The number of hydrogen-bond donors (Lipinski definition) is 1. The smallest absolute Gasteiger partial charge is 0.249 e. The number of ether oxygens (including phenoxy) is 1. The molecular formula is C29H39ClN6O4S. The molecular weight excluding hydrogens is 564 g/mol. The standard InChI is InChI=1S/C29H39ClN6O4S/c1-19-15-21(19)18-35(13-14-39-3)24-16-23(25(30)26(32-24)36(41(4,37)38)22-11-8-12-22)27-33-34-28(40-27)29(2,31)17-20-9-6-5-7-10-20/h5-7,9-10,16,19,21-22H,8,11-15,17-18,31H2,1-4H3/t19?,21?,29-/m1/s1. The second-order valence-electron chi connectivity index (χ2n) is 11.7. The van der Waals surface area contributed by atoms with Crippen molar-refractivity contribution in [2.45, 2.75) is 57.5 Å². The number of hydrogen-bond acceptors (Lipinski definition) is 9. The van der Waals surface area contributed by atoms with E-state index in [9.17, 15) is 8.42 Å². The van der Waals surface area contributed by atoms with Crippen LogP contribution in [0.1, 0.15) is 51.0 Å². The van der Waals surface area contributed by atoms with Gasteiger partial charge in [0.2, 0.25) is 21.8 Å². The van der Waals surface area contributed by atoms with Gasteiger partial charge in [-0.1, -0.05) is 48.9 Å². The molecule has 2 saturated carbocycles. The van der Waals surface area contributed by atoms with Crippen molar-refractivity contribution in [2.24, 2.45) is 17.6 Å². The number of rotatable bonds is 13. The number of nitrogens with zero attached hydrogens (tertiary/aromatic N) is 5. The second-order valence-corrected chi connectivity index (χ2v) is 14.0. The van der Waals surface area contributed by atoms with Crippen LogP contribution in [0.5, 0.6) is 0 Å². The van der Waals surface area contributed by atoms with Crippen molar-refractivity contribution < 1.29 is 17.6 Å². The third-order valence-electron chi connectivity index (χ3n) is 8.08. The molecule has 3 aromatic rings. The molecule has 2 aromatic heterocycles. The minimum Gasteiger partial charge on any atom is -0.419 e. The number of anilines is 2. The van der Waals surface area contributed by atoms with E-state index in [1.807, 2.05) is 37.3 Å². The Hall–Kier alpha value is -2.73. The van der Waals surface area contributed by atoms with Gasteiger partial charge in [0.1, 0.15) is 5.82 Å². The molecule has 10 nitrogen and oxygen atoms in total. The number of pyridine rings is 1. The van der Waals surface area contributed by atoms with Gasteiger partial charge in [-0.15, -0.1) is 10.2 Å². The molecule has 222 valence electrons. The van der Waals surface area contributed by atoms with Crippen LogP contribution in [0.2, 0.25) is 5.02 Å². The summed E-state index contributed by atoms with van der Waals surface area (Å²) in [5.74, 6) is 2.33. The van der Waals surface area contributed by atoms with Crippen molar-refractivity contribution >= 4 is 33.3 Å². The monoisotopic (exact) mass is 602 g/mol. The van der Waals surface area contributed by atoms with E-state index < -0.39 is 15.6 Å². The van der Waals surface area contributed by atoms with Crippen molar-refractivity contribution in [3.63, 3.8) is 0 Å². The van der Waals surface area contributed by atoms with E-state index in [0.717, 1.165) is 37.8 Å². The lowest BCUT2D eigenvalue weighted by molar-refractivity contribution is 0.204. The molecule has 2 fully saturated rings. The molecule has 0 aliphatic heterocycles. The first kappa shape index (κ1) is 29.8. The lowest BCUT2D eigenvalue weighted by atomic mass is 9.93. The van der Waals surface area contributed by atoms with Gasteiger partial charge in [0.25, 0.3) is 0 Å². The van der Waals surface area contributed by atoms with Gasteiger partial charge in [0, 0.05) is 26.2 Å². The molecule has 0 radical (unpaired) electrons. The third kappa shape index (κ3) is 6.69. The topological polar surface area (TPSA) is 128 Å². The van der Waals surface area contributed by atoms with E-state index >= 15 is 0 Å². The van der Waals surface area contributed by atoms with Crippen LogP contribution in [0.3, 0.4) is 0 Å². The van der Waals surface area contributed by atoms with Gasteiger partial charge in [0.05, 0.1) is 29.0 Å². The fraction of sp³-hybridized carbons (Fsp3) is 0.552. The summed E-state index contributed by atoms with van der Waals surface area (Å²) in [4.78, 5) is 7.00. The highest BCUT2D eigenvalue weighted by Gasteiger charge is 2.38. The summed E-state index contributed by atoms with van der Waals surface area (Å²) in [5, 5.41) is 8.77. The molecule has 2 heterocycles. The molecule has 0 bridgehead atoms. The van der Waals surface area contributed by atoms with Crippen molar-refractivity contribution in [3.05, 3.63) is 52.9 Å². The summed E-state index contributed by atoms with van der Waals surface area (Å²) < 4.78 is 39.1. The Balaban J connectivity index is 1.58. The van der Waals surface area contributed by atoms with Gasteiger partial charge in [-0.05, 0) is 62.5 Å². The molecule has 41 heavy (non-hydrogen) atoms. The van der Waals surface area contributed by atoms with E-state index in [1.54, 1.807) is 13.2 Å².